The number of nitrogens with zero attached hydrogens (tertiary/aromatic N) is 3. The second kappa shape index (κ2) is 14.3. The van der Waals surface area contributed by atoms with Crippen molar-refractivity contribution in [2.45, 2.75) is 44.6 Å². The lowest BCUT2D eigenvalue weighted by molar-refractivity contribution is -0.125. The van der Waals surface area contributed by atoms with Crippen LogP contribution in [0.5, 0.6) is 17.2 Å². The zero-order valence-electron chi connectivity index (χ0n) is 28.6. The van der Waals surface area contributed by atoms with Gasteiger partial charge in [-0.15, -0.1) is 0 Å². The van der Waals surface area contributed by atoms with Gasteiger partial charge in [-0.2, -0.15) is 0 Å². The van der Waals surface area contributed by atoms with E-state index in [9.17, 15) is 9.59 Å². The molecule has 0 saturated carbocycles. The second-order valence-electron chi connectivity index (χ2n) is 13.3. The Kier molecular flexibility index (Phi) is 9.58. The van der Waals surface area contributed by atoms with Gasteiger partial charge in [0, 0.05) is 68.2 Å². The number of ether oxygens (including phenoxy) is 2. The maximum absolute atomic E-state index is 13.9. The Balaban J connectivity index is 0.966. The van der Waals surface area contributed by atoms with Gasteiger partial charge in [-0.3, -0.25) is 14.5 Å². The van der Waals surface area contributed by atoms with Crippen LogP contribution in [0.25, 0.3) is 0 Å². The Hall–Kier alpha value is -4.82. The summed E-state index contributed by atoms with van der Waals surface area (Å²) in [7, 11) is 1.67. The van der Waals surface area contributed by atoms with Crippen molar-refractivity contribution in [2.75, 3.05) is 57.8 Å². The molecule has 254 valence electrons. The van der Waals surface area contributed by atoms with E-state index in [1.54, 1.807) is 7.11 Å². The number of fused-ring (bicyclic) bond motifs is 3. The fourth-order valence-corrected chi connectivity index (χ4v) is 7.82. The molecule has 0 atom stereocenters. The number of benzene rings is 4. The van der Waals surface area contributed by atoms with Gasteiger partial charge in [0.1, 0.15) is 22.7 Å². The van der Waals surface area contributed by atoms with E-state index in [1.165, 1.54) is 0 Å². The molecule has 3 heterocycles. The number of piperazine rings is 1. The second-order valence-corrected chi connectivity index (χ2v) is 13.3. The molecule has 2 amide bonds. The van der Waals surface area contributed by atoms with E-state index in [-0.39, 0.29) is 11.8 Å². The molecular formula is C41H46N4O4. The fraction of sp³-hybridized carbons (Fsp3) is 0.366. The predicted octanol–water partition coefficient (Wildman–Crippen LogP) is 6.41. The van der Waals surface area contributed by atoms with Gasteiger partial charge in [0.2, 0.25) is 5.91 Å². The minimum absolute atomic E-state index is 0.0405. The van der Waals surface area contributed by atoms with Crippen LogP contribution in [0.3, 0.4) is 0 Å². The molecule has 8 nitrogen and oxygen atoms in total. The van der Waals surface area contributed by atoms with Crippen molar-refractivity contribution in [3.05, 3.63) is 119 Å². The zero-order valence-corrected chi connectivity index (χ0v) is 28.6. The molecule has 49 heavy (non-hydrogen) atoms. The highest BCUT2D eigenvalue weighted by Crippen LogP contribution is 2.50. The molecule has 1 N–H and O–H groups in total. The molecular weight excluding hydrogens is 612 g/mol. The van der Waals surface area contributed by atoms with Crippen molar-refractivity contribution in [3.8, 4) is 17.2 Å². The number of likely N-dealkylation sites (N-methyl/N-ethyl adjacent to an activating group) is 1. The first kappa shape index (κ1) is 32.7. The Morgan fingerprint density at radius 3 is 2.31 bits per heavy atom. The summed E-state index contributed by atoms with van der Waals surface area (Å²) in [5, 5.41) is 3.15. The maximum atomic E-state index is 13.9. The van der Waals surface area contributed by atoms with Crippen LogP contribution in [0.4, 0.5) is 5.69 Å². The average Bonchev–Trinajstić information content (AvgIpc) is 3.14. The number of nitrogens with one attached hydrogen (secondary N) is 1. The lowest BCUT2D eigenvalue weighted by Crippen LogP contribution is -2.47. The summed E-state index contributed by atoms with van der Waals surface area (Å²) >= 11 is 0. The van der Waals surface area contributed by atoms with Crippen molar-refractivity contribution >= 4 is 17.5 Å². The molecule has 0 spiro atoms. The molecule has 0 aromatic heterocycles. The molecule has 1 fully saturated rings. The summed E-state index contributed by atoms with van der Waals surface area (Å²) in [5.74, 6) is 2.47. The molecule has 0 aliphatic carbocycles. The van der Waals surface area contributed by atoms with Crippen LogP contribution in [0, 0.1) is 0 Å². The molecule has 7 rings (SSSR count). The van der Waals surface area contributed by atoms with Gasteiger partial charge in [-0.05, 0) is 80.3 Å². The van der Waals surface area contributed by atoms with Crippen LogP contribution in [0.2, 0.25) is 0 Å². The SMILES string of the molecule is CCNC(=O)C1(CCCCN2CCN(c3ccc4c(c3)C(=O)N(Cc3cccc(OC)c3)CC4)CC2)c2ccccc2Oc2ccccc21. The van der Waals surface area contributed by atoms with E-state index < -0.39 is 5.41 Å². The van der Waals surface area contributed by atoms with E-state index in [1.807, 2.05) is 84.6 Å². The van der Waals surface area contributed by atoms with Gasteiger partial charge >= 0.3 is 0 Å². The Morgan fingerprint density at radius 1 is 0.857 bits per heavy atom. The monoisotopic (exact) mass is 658 g/mol. The predicted molar refractivity (Wildman–Crippen MR) is 193 cm³/mol. The summed E-state index contributed by atoms with van der Waals surface area (Å²) in [6.07, 6.45) is 3.50. The number of hydrogen-bond donors (Lipinski definition) is 1. The molecule has 0 unspecified atom stereocenters. The number of rotatable bonds is 11. The average molecular weight is 659 g/mol. The molecule has 4 aromatic carbocycles. The minimum Gasteiger partial charge on any atom is -0.497 e. The van der Waals surface area contributed by atoms with Gasteiger partial charge in [-0.1, -0.05) is 61.0 Å². The molecule has 3 aliphatic heterocycles. The van der Waals surface area contributed by atoms with Crippen molar-refractivity contribution < 1.29 is 19.1 Å². The summed E-state index contributed by atoms with van der Waals surface area (Å²) in [6.45, 7) is 8.61. The molecule has 0 radical (unpaired) electrons. The van der Waals surface area contributed by atoms with E-state index in [2.05, 4.69) is 33.3 Å². The summed E-state index contributed by atoms with van der Waals surface area (Å²) in [6, 6.07) is 30.4. The third-order valence-electron chi connectivity index (χ3n) is 10.4. The molecule has 0 bridgehead atoms. The van der Waals surface area contributed by atoms with Crippen molar-refractivity contribution in [1.82, 2.24) is 15.1 Å². The third-order valence-corrected chi connectivity index (χ3v) is 10.4. The van der Waals surface area contributed by atoms with Gasteiger partial charge in [-0.25, -0.2) is 0 Å². The van der Waals surface area contributed by atoms with Crippen LogP contribution < -0.4 is 19.7 Å². The normalized spacial score (nSPS) is 16.7. The lowest BCUT2D eigenvalue weighted by atomic mass is 9.68. The first-order valence-electron chi connectivity index (χ1n) is 17.7. The smallest absolute Gasteiger partial charge is 0.254 e. The number of carbonyl (C=O) groups is 2. The number of para-hydroxylation sites is 2. The van der Waals surface area contributed by atoms with Crippen LogP contribution in [0.1, 0.15) is 58.8 Å². The van der Waals surface area contributed by atoms with E-state index >= 15 is 0 Å². The quantitative estimate of drug-likeness (QED) is 0.188. The lowest BCUT2D eigenvalue weighted by Gasteiger charge is -2.39. The Bertz CT molecular complexity index is 1770. The highest BCUT2D eigenvalue weighted by molar-refractivity contribution is 5.98. The highest BCUT2D eigenvalue weighted by Gasteiger charge is 2.47. The van der Waals surface area contributed by atoms with Gasteiger partial charge in [0.25, 0.3) is 5.91 Å². The third kappa shape index (κ3) is 6.49. The van der Waals surface area contributed by atoms with Crippen molar-refractivity contribution in [2.24, 2.45) is 0 Å². The Morgan fingerprint density at radius 2 is 1.59 bits per heavy atom. The van der Waals surface area contributed by atoms with Crippen LogP contribution in [0.15, 0.2) is 91.0 Å². The zero-order chi connectivity index (χ0) is 33.8. The molecule has 3 aliphatic rings. The van der Waals surface area contributed by atoms with Gasteiger partial charge < -0.3 is 24.6 Å². The first-order valence-corrected chi connectivity index (χ1v) is 17.7. The number of hydrogen-bond acceptors (Lipinski definition) is 6. The summed E-state index contributed by atoms with van der Waals surface area (Å²) in [4.78, 5) is 34.4. The van der Waals surface area contributed by atoms with Crippen LogP contribution >= 0.6 is 0 Å². The van der Waals surface area contributed by atoms with Crippen LogP contribution in [-0.4, -0.2) is 74.5 Å². The number of carbonyl (C=O) groups excluding carboxylic acids is 2. The molecule has 4 aromatic rings. The standard InChI is InChI=1S/C41H46N4O4/c1-3-42-40(47)41(35-13-4-6-15-37(35)49-38-16-7-5-14-36(38)41)20-8-9-21-43-23-25-44(26-24-43)32-18-17-31-19-22-45(39(46)34(31)28-32)29-30-11-10-12-33(27-30)48-2/h4-7,10-18,27-28H,3,8-9,19-26,29H2,1-2H3,(H,42,47). The largest absolute Gasteiger partial charge is 0.497 e. The number of unbranched alkanes of at least 4 members (excludes halogenated alkanes) is 1. The van der Waals surface area contributed by atoms with Gasteiger partial charge in [0.15, 0.2) is 0 Å². The maximum Gasteiger partial charge on any atom is 0.254 e. The first-order chi connectivity index (χ1) is 24.0. The summed E-state index contributed by atoms with van der Waals surface area (Å²) in [5.41, 5.74) is 5.26. The van der Waals surface area contributed by atoms with E-state index in [0.717, 1.165) is 109 Å². The fourth-order valence-electron chi connectivity index (χ4n) is 7.82. The molecule has 8 heteroatoms. The number of anilines is 1. The van der Waals surface area contributed by atoms with Crippen molar-refractivity contribution in [3.63, 3.8) is 0 Å². The van der Waals surface area contributed by atoms with Crippen LogP contribution in [-0.2, 0) is 23.2 Å². The topological polar surface area (TPSA) is 74.4 Å². The number of methoxy groups -OCH3 is 1. The van der Waals surface area contributed by atoms with Crippen molar-refractivity contribution in [1.29, 1.82) is 0 Å². The number of amides is 2. The molecule has 1 saturated heterocycles. The van der Waals surface area contributed by atoms with E-state index in [0.29, 0.717) is 19.5 Å². The Labute approximate surface area is 289 Å². The van der Waals surface area contributed by atoms with Gasteiger partial charge in [0.05, 0.1) is 7.11 Å². The highest BCUT2D eigenvalue weighted by atomic mass is 16.5. The van der Waals surface area contributed by atoms with E-state index in [4.69, 9.17) is 9.47 Å². The minimum atomic E-state index is -0.784. The summed E-state index contributed by atoms with van der Waals surface area (Å²) < 4.78 is 11.6.